The van der Waals surface area contributed by atoms with Crippen LogP contribution >= 0.6 is 0 Å². The van der Waals surface area contributed by atoms with E-state index in [1.54, 1.807) is 0 Å². The molecule has 2 aromatic rings. The van der Waals surface area contributed by atoms with Gasteiger partial charge in [-0.05, 0) is 25.5 Å². The second kappa shape index (κ2) is 6.48. The molecule has 19 heavy (non-hydrogen) atoms. The lowest BCUT2D eigenvalue weighted by Gasteiger charge is -2.19. The lowest BCUT2D eigenvalue weighted by Crippen LogP contribution is -2.25. The molecule has 0 aliphatic rings. The molecule has 4 nitrogen and oxygen atoms in total. The number of nitrogens with one attached hydrogen (secondary N) is 1. The molecule has 1 unspecified atom stereocenters. The third-order valence-corrected chi connectivity index (χ3v) is 3.20. The largest absolute Gasteiger partial charge is 0.305 e. The van der Waals surface area contributed by atoms with Crippen molar-refractivity contribution in [1.29, 1.82) is 0 Å². The summed E-state index contributed by atoms with van der Waals surface area (Å²) < 4.78 is 1.99. The van der Waals surface area contributed by atoms with Crippen molar-refractivity contribution in [2.45, 2.75) is 39.8 Å². The Labute approximate surface area is 114 Å². The Kier molecular flexibility index (Phi) is 4.68. The first-order valence-electron chi connectivity index (χ1n) is 6.94. The quantitative estimate of drug-likeness (QED) is 0.866. The normalized spacial score (nSPS) is 12.6. The van der Waals surface area contributed by atoms with Gasteiger partial charge in [0.25, 0.3) is 0 Å². The number of hydrogen-bond acceptors (Lipinski definition) is 3. The van der Waals surface area contributed by atoms with Crippen molar-refractivity contribution in [3.63, 3.8) is 0 Å². The monoisotopic (exact) mass is 258 g/mol. The molecule has 1 aromatic heterocycles. The highest BCUT2D eigenvalue weighted by molar-refractivity contribution is 5.29. The molecule has 1 aromatic carbocycles. The van der Waals surface area contributed by atoms with Gasteiger partial charge in [-0.3, -0.25) is 0 Å². The first-order valence-corrected chi connectivity index (χ1v) is 6.94. The summed E-state index contributed by atoms with van der Waals surface area (Å²) in [7, 11) is 0. The van der Waals surface area contributed by atoms with Crippen LogP contribution in [0.5, 0.6) is 0 Å². The van der Waals surface area contributed by atoms with Crippen molar-refractivity contribution in [3.8, 4) is 0 Å². The van der Waals surface area contributed by atoms with Crippen LogP contribution in [-0.2, 0) is 6.54 Å². The average molecular weight is 258 g/mol. The van der Waals surface area contributed by atoms with E-state index in [4.69, 9.17) is 0 Å². The van der Waals surface area contributed by atoms with Crippen LogP contribution in [0.2, 0.25) is 0 Å². The van der Waals surface area contributed by atoms with Gasteiger partial charge >= 0.3 is 0 Å². The zero-order chi connectivity index (χ0) is 13.7. The Morgan fingerprint density at radius 3 is 2.58 bits per heavy atom. The Morgan fingerprint density at radius 2 is 1.95 bits per heavy atom. The van der Waals surface area contributed by atoms with Gasteiger partial charge in [-0.25, -0.2) is 4.68 Å². The summed E-state index contributed by atoms with van der Waals surface area (Å²) in [6, 6.07) is 8.80. The van der Waals surface area contributed by atoms with E-state index in [-0.39, 0.29) is 6.04 Å². The summed E-state index contributed by atoms with van der Waals surface area (Å²) in [6.07, 6.45) is 2.92. The summed E-state index contributed by atoms with van der Waals surface area (Å²) >= 11 is 0. The summed E-state index contributed by atoms with van der Waals surface area (Å²) in [5, 5.41) is 11.8. The van der Waals surface area contributed by atoms with Gasteiger partial charge in [0.1, 0.15) is 0 Å². The number of hydrogen-bond donors (Lipinski definition) is 1. The zero-order valence-corrected chi connectivity index (χ0v) is 11.9. The Hall–Kier alpha value is -1.68. The Bertz CT molecular complexity index is 501. The molecule has 1 N–H and O–H groups in total. The molecule has 0 aliphatic heterocycles. The van der Waals surface area contributed by atoms with Crippen LogP contribution in [0.15, 0.2) is 30.5 Å². The molecule has 0 radical (unpaired) electrons. The van der Waals surface area contributed by atoms with Crippen LogP contribution in [0.4, 0.5) is 0 Å². The second-order valence-electron chi connectivity index (χ2n) is 4.78. The van der Waals surface area contributed by atoms with E-state index >= 15 is 0 Å². The predicted octanol–water partition coefficient (Wildman–Crippen LogP) is 2.70. The van der Waals surface area contributed by atoms with E-state index in [1.165, 1.54) is 11.1 Å². The van der Waals surface area contributed by atoms with Gasteiger partial charge in [0.2, 0.25) is 0 Å². The van der Waals surface area contributed by atoms with Crippen molar-refractivity contribution < 1.29 is 0 Å². The van der Waals surface area contributed by atoms with Gasteiger partial charge in [-0.2, -0.15) is 0 Å². The topological polar surface area (TPSA) is 42.7 Å². The number of rotatable bonds is 6. The van der Waals surface area contributed by atoms with Crippen LogP contribution in [-0.4, -0.2) is 21.5 Å². The maximum Gasteiger partial charge on any atom is 0.0801 e. The summed E-state index contributed by atoms with van der Waals surface area (Å²) in [5.74, 6) is 0. The minimum Gasteiger partial charge on any atom is -0.305 e. The highest BCUT2D eigenvalue weighted by Gasteiger charge is 2.17. The zero-order valence-electron chi connectivity index (χ0n) is 11.9. The lowest BCUT2D eigenvalue weighted by molar-refractivity contribution is 0.511. The minimum atomic E-state index is 0.159. The summed E-state index contributed by atoms with van der Waals surface area (Å²) in [4.78, 5) is 0. The van der Waals surface area contributed by atoms with Crippen molar-refractivity contribution in [1.82, 2.24) is 20.3 Å². The highest BCUT2D eigenvalue weighted by Crippen LogP contribution is 2.21. The number of aromatic nitrogens is 3. The molecule has 0 aliphatic carbocycles. The van der Waals surface area contributed by atoms with Crippen molar-refractivity contribution in [3.05, 3.63) is 47.3 Å². The van der Waals surface area contributed by atoms with E-state index < -0.39 is 0 Å². The van der Waals surface area contributed by atoms with E-state index in [9.17, 15) is 0 Å². The van der Waals surface area contributed by atoms with Crippen LogP contribution in [0.3, 0.4) is 0 Å². The first kappa shape index (κ1) is 13.7. The van der Waals surface area contributed by atoms with Gasteiger partial charge in [-0.15, -0.1) is 5.10 Å². The molecular formula is C15H22N4. The van der Waals surface area contributed by atoms with Crippen LogP contribution in [0.1, 0.15) is 43.1 Å². The molecule has 0 spiro atoms. The van der Waals surface area contributed by atoms with Gasteiger partial charge in [-0.1, -0.05) is 48.9 Å². The fraction of sp³-hybridized carbons (Fsp3) is 0.467. The Morgan fingerprint density at radius 1 is 1.21 bits per heavy atom. The molecule has 0 amide bonds. The van der Waals surface area contributed by atoms with Gasteiger partial charge < -0.3 is 5.32 Å². The summed E-state index contributed by atoms with van der Waals surface area (Å²) in [6.45, 7) is 8.20. The third kappa shape index (κ3) is 3.20. The SMILES string of the molecule is CCCn1nncc1C(NCC)c1ccc(C)cc1. The number of nitrogens with zero attached hydrogens (tertiary/aromatic N) is 3. The average Bonchev–Trinajstić information content (AvgIpc) is 2.86. The van der Waals surface area contributed by atoms with Crippen molar-refractivity contribution in [2.75, 3.05) is 6.54 Å². The van der Waals surface area contributed by atoms with Crippen molar-refractivity contribution >= 4 is 0 Å². The molecule has 4 heteroatoms. The smallest absolute Gasteiger partial charge is 0.0801 e. The molecular weight excluding hydrogens is 236 g/mol. The first-order chi connectivity index (χ1) is 9.26. The maximum absolute atomic E-state index is 4.18. The van der Waals surface area contributed by atoms with Crippen LogP contribution < -0.4 is 5.32 Å². The van der Waals surface area contributed by atoms with E-state index in [0.717, 1.165) is 25.2 Å². The third-order valence-electron chi connectivity index (χ3n) is 3.20. The van der Waals surface area contributed by atoms with Crippen molar-refractivity contribution in [2.24, 2.45) is 0 Å². The second-order valence-corrected chi connectivity index (χ2v) is 4.78. The standard InChI is InChI=1S/C15H22N4/c1-4-10-19-14(11-17-18-19)15(16-5-2)13-8-6-12(3)7-9-13/h6-9,11,15-16H,4-5,10H2,1-3H3. The van der Waals surface area contributed by atoms with Gasteiger partial charge in [0.15, 0.2) is 0 Å². The molecule has 0 saturated heterocycles. The van der Waals surface area contributed by atoms with Gasteiger partial charge in [0.05, 0.1) is 17.9 Å². The molecule has 0 fully saturated rings. The lowest BCUT2D eigenvalue weighted by atomic mass is 10.0. The van der Waals surface area contributed by atoms with E-state index in [2.05, 4.69) is 60.7 Å². The fourth-order valence-corrected chi connectivity index (χ4v) is 2.23. The number of aryl methyl sites for hydroxylation is 2. The number of benzene rings is 1. The molecule has 1 heterocycles. The van der Waals surface area contributed by atoms with Crippen LogP contribution in [0, 0.1) is 6.92 Å². The molecule has 1 atom stereocenters. The molecule has 0 saturated carbocycles. The Balaban J connectivity index is 2.33. The molecule has 2 rings (SSSR count). The van der Waals surface area contributed by atoms with Gasteiger partial charge in [0, 0.05) is 6.54 Å². The van der Waals surface area contributed by atoms with Crippen LogP contribution in [0.25, 0.3) is 0 Å². The molecule has 0 bridgehead atoms. The van der Waals surface area contributed by atoms with E-state index in [0.29, 0.717) is 0 Å². The summed E-state index contributed by atoms with van der Waals surface area (Å²) in [5.41, 5.74) is 3.67. The minimum absolute atomic E-state index is 0.159. The fourth-order valence-electron chi connectivity index (χ4n) is 2.23. The maximum atomic E-state index is 4.18. The predicted molar refractivity (Wildman–Crippen MR) is 77.0 cm³/mol. The highest BCUT2D eigenvalue weighted by atomic mass is 15.4. The molecule has 102 valence electrons. The van der Waals surface area contributed by atoms with E-state index in [1.807, 2.05) is 10.9 Å².